The summed E-state index contributed by atoms with van der Waals surface area (Å²) in [5, 5.41) is 9.15. The quantitative estimate of drug-likeness (QED) is 0.577. The van der Waals surface area contributed by atoms with Crippen LogP contribution < -0.4 is 0 Å². The van der Waals surface area contributed by atoms with Gasteiger partial charge in [0, 0.05) is 19.6 Å². The summed E-state index contributed by atoms with van der Waals surface area (Å²) in [5.41, 5.74) is 1.88. The lowest BCUT2D eigenvalue weighted by atomic mass is 10.1. The minimum atomic E-state index is -0.387. The number of thioether (sulfide) groups is 1. The van der Waals surface area contributed by atoms with Crippen LogP contribution >= 0.6 is 11.8 Å². The van der Waals surface area contributed by atoms with Gasteiger partial charge >= 0.3 is 0 Å². The maximum Gasteiger partial charge on any atom is 0.240 e. The second kappa shape index (κ2) is 8.84. The number of benzene rings is 1. The third kappa shape index (κ3) is 4.09. The van der Waals surface area contributed by atoms with Gasteiger partial charge in [-0.3, -0.25) is 4.79 Å². The average molecular weight is 413 g/mol. The average Bonchev–Trinajstić information content (AvgIpc) is 3.37. The van der Waals surface area contributed by atoms with Crippen molar-refractivity contribution in [1.29, 1.82) is 0 Å². The lowest BCUT2D eigenvalue weighted by molar-refractivity contribution is -0.134. The Bertz CT molecular complexity index is 963. The highest BCUT2D eigenvalue weighted by Gasteiger charge is 2.30. The predicted octanol–water partition coefficient (Wildman–Crippen LogP) is 3.56. The molecule has 1 fully saturated rings. The highest BCUT2D eigenvalue weighted by atomic mass is 32.2. The smallest absolute Gasteiger partial charge is 0.240 e. The van der Waals surface area contributed by atoms with E-state index in [0.717, 1.165) is 27.9 Å². The normalized spacial score (nSPS) is 15.4. The molecule has 1 unspecified atom stereocenters. The predicted molar refractivity (Wildman–Crippen MR) is 111 cm³/mol. The molecular formula is C21H24N4O3S. The molecule has 1 saturated heterocycles. The van der Waals surface area contributed by atoms with Gasteiger partial charge in [0.05, 0.1) is 25.0 Å². The molecule has 1 aliphatic heterocycles. The van der Waals surface area contributed by atoms with Crippen molar-refractivity contribution < 1.29 is 13.9 Å². The minimum Gasteiger partial charge on any atom is -0.469 e. The topological polar surface area (TPSA) is 73.4 Å². The monoisotopic (exact) mass is 412 g/mol. The summed E-state index contributed by atoms with van der Waals surface area (Å²) in [6.07, 6.45) is 1.65. The van der Waals surface area contributed by atoms with E-state index in [4.69, 9.17) is 9.15 Å². The van der Waals surface area contributed by atoms with Crippen LogP contribution in [0.4, 0.5) is 0 Å². The van der Waals surface area contributed by atoms with E-state index in [0.29, 0.717) is 32.8 Å². The third-order valence-corrected chi connectivity index (χ3v) is 6.23. The van der Waals surface area contributed by atoms with Gasteiger partial charge in [-0.25, -0.2) is 0 Å². The van der Waals surface area contributed by atoms with E-state index in [2.05, 4.69) is 10.2 Å². The molecule has 3 aromatic rings. The summed E-state index contributed by atoms with van der Waals surface area (Å²) in [5.74, 6) is 1.63. The fourth-order valence-corrected chi connectivity index (χ4v) is 4.61. The van der Waals surface area contributed by atoms with Gasteiger partial charge in [-0.15, -0.1) is 10.2 Å². The van der Waals surface area contributed by atoms with Crippen LogP contribution in [-0.2, 0) is 16.1 Å². The molecule has 7 nitrogen and oxygen atoms in total. The summed E-state index contributed by atoms with van der Waals surface area (Å²) < 4.78 is 12.9. The molecule has 1 amide bonds. The number of amides is 1. The Morgan fingerprint density at radius 2 is 1.93 bits per heavy atom. The summed E-state index contributed by atoms with van der Waals surface area (Å²) in [4.78, 5) is 15.2. The Kier molecular flexibility index (Phi) is 6.01. The molecule has 0 saturated carbocycles. The first-order valence-electron chi connectivity index (χ1n) is 9.74. The van der Waals surface area contributed by atoms with Crippen LogP contribution in [-0.4, -0.2) is 51.9 Å². The van der Waals surface area contributed by atoms with E-state index in [1.165, 1.54) is 11.8 Å². The van der Waals surface area contributed by atoms with Crippen LogP contribution in [0.2, 0.25) is 0 Å². The van der Waals surface area contributed by atoms with Gasteiger partial charge in [0.2, 0.25) is 5.91 Å². The number of hydrogen-bond acceptors (Lipinski definition) is 6. The molecule has 2 aromatic heterocycles. The Morgan fingerprint density at radius 1 is 1.17 bits per heavy atom. The second-order valence-corrected chi connectivity index (χ2v) is 7.86. The molecule has 1 atom stereocenters. The number of hydrogen-bond donors (Lipinski definition) is 0. The number of aryl methyl sites for hydroxylation is 1. The van der Waals surface area contributed by atoms with Crippen LogP contribution in [0.1, 0.15) is 23.5 Å². The molecule has 152 valence electrons. The first kappa shape index (κ1) is 19.7. The van der Waals surface area contributed by atoms with Crippen molar-refractivity contribution in [3.05, 3.63) is 54.0 Å². The van der Waals surface area contributed by atoms with E-state index in [-0.39, 0.29) is 11.2 Å². The molecule has 0 aliphatic carbocycles. The van der Waals surface area contributed by atoms with Gasteiger partial charge in [-0.2, -0.15) is 0 Å². The number of furan rings is 1. The molecule has 3 heterocycles. The van der Waals surface area contributed by atoms with Crippen LogP contribution in [0.5, 0.6) is 0 Å². The van der Waals surface area contributed by atoms with Crippen LogP contribution in [0.25, 0.3) is 11.4 Å². The van der Waals surface area contributed by atoms with Gasteiger partial charge in [0.25, 0.3) is 0 Å². The van der Waals surface area contributed by atoms with Crippen molar-refractivity contribution in [2.45, 2.75) is 30.8 Å². The zero-order valence-electron chi connectivity index (χ0n) is 16.6. The molecule has 29 heavy (non-hydrogen) atoms. The Balaban J connectivity index is 1.67. The maximum absolute atomic E-state index is 13.4. The highest BCUT2D eigenvalue weighted by Crippen LogP contribution is 2.37. The molecule has 1 aliphatic rings. The largest absolute Gasteiger partial charge is 0.469 e. The number of aromatic nitrogens is 3. The van der Waals surface area contributed by atoms with Crippen molar-refractivity contribution in [1.82, 2.24) is 19.7 Å². The zero-order chi connectivity index (χ0) is 20.2. The Morgan fingerprint density at radius 3 is 2.59 bits per heavy atom. The van der Waals surface area contributed by atoms with E-state index in [1.54, 1.807) is 6.26 Å². The second-order valence-electron chi connectivity index (χ2n) is 6.79. The lowest BCUT2D eigenvalue weighted by Crippen LogP contribution is -2.42. The van der Waals surface area contributed by atoms with Gasteiger partial charge in [-0.1, -0.05) is 42.1 Å². The standard InChI is InChI=1S/C21H24N4O3S/c1-3-25-19(17-9-12-28-15(17)2)22-23-21(25)29-18(16-7-5-4-6-8-16)20(26)24-10-13-27-14-11-24/h4-9,12,18H,3,10-11,13-14H2,1-2H3. The number of carbonyl (C=O) groups is 1. The number of carbonyl (C=O) groups excluding carboxylic acids is 1. The molecule has 1 aromatic carbocycles. The van der Waals surface area contributed by atoms with Crippen molar-refractivity contribution in [2.24, 2.45) is 0 Å². The molecule has 0 N–H and O–H groups in total. The fraction of sp³-hybridized carbons (Fsp3) is 0.381. The third-order valence-electron chi connectivity index (χ3n) is 5.01. The highest BCUT2D eigenvalue weighted by molar-refractivity contribution is 8.00. The summed E-state index contributed by atoms with van der Waals surface area (Å²) in [7, 11) is 0. The summed E-state index contributed by atoms with van der Waals surface area (Å²) >= 11 is 1.45. The molecule has 0 spiro atoms. The van der Waals surface area contributed by atoms with Gasteiger partial charge in [-0.05, 0) is 25.5 Å². The fourth-order valence-electron chi connectivity index (χ4n) is 3.42. The Labute approximate surface area is 174 Å². The molecule has 4 rings (SSSR count). The van der Waals surface area contributed by atoms with Crippen molar-refractivity contribution in [2.75, 3.05) is 26.3 Å². The van der Waals surface area contributed by atoms with Crippen LogP contribution in [0, 0.1) is 6.92 Å². The van der Waals surface area contributed by atoms with Crippen LogP contribution in [0.15, 0.2) is 52.2 Å². The SMILES string of the molecule is CCn1c(SC(C(=O)N2CCOCC2)c2ccccc2)nnc1-c1ccoc1C. The van der Waals surface area contributed by atoms with Crippen molar-refractivity contribution >= 4 is 17.7 Å². The number of ether oxygens (including phenoxy) is 1. The Hall–Kier alpha value is -2.58. The number of morpholine rings is 1. The van der Waals surface area contributed by atoms with Crippen LogP contribution in [0.3, 0.4) is 0 Å². The first-order valence-corrected chi connectivity index (χ1v) is 10.6. The lowest BCUT2D eigenvalue weighted by Gasteiger charge is -2.30. The van der Waals surface area contributed by atoms with E-state index in [1.807, 2.05) is 59.7 Å². The van der Waals surface area contributed by atoms with E-state index >= 15 is 0 Å². The summed E-state index contributed by atoms with van der Waals surface area (Å²) in [6, 6.07) is 11.8. The zero-order valence-corrected chi connectivity index (χ0v) is 17.4. The molecule has 0 radical (unpaired) electrons. The van der Waals surface area contributed by atoms with E-state index in [9.17, 15) is 4.79 Å². The number of nitrogens with zero attached hydrogens (tertiary/aromatic N) is 4. The maximum atomic E-state index is 13.4. The summed E-state index contributed by atoms with van der Waals surface area (Å²) in [6.45, 7) is 7.03. The minimum absolute atomic E-state index is 0.0798. The van der Waals surface area contributed by atoms with E-state index < -0.39 is 0 Å². The van der Waals surface area contributed by atoms with Gasteiger partial charge in [0.15, 0.2) is 11.0 Å². The van der Waals surface area contributed by atoms with Gasteiger partial charge < -0.3 is 18.6 Å². The molecule has 0 bridgehead atoms. The van der Waals surface area contributed by atoms with Crippen molar-refractivity contribution in [3.63, 3.8) is 0 Å². The molecule has 8 heteroatoms. The van der Waals surface area contributed by atoms with Crippen molar-refractivity contribution in [3.8, 4) is 11.4 Å². The molecular weight excluding hydrogens is 388 g/mol. The first-order chi connectivity index (χ1) is 14.2. The van der Waals surface area contributed by atoms with Gasteiger partial charge in [0.1, 0.15) is 11.0 Å². The number of rotatable bonds is 6.